The Morgan fingerprint density at radius 2 is 1.96 bits per heavy atom. The molecule has 1 unspecified atom stereocenters. The predicted molar refractivity (Wildman–Crippen MR) is 101 cm³/mol. The van der Waals surface area contributed by atoms with Crippen molar-refractivity contribution in [3.05, 3.63) is 35.9 Å². The number of amides is 1. The molecule has 140 valence electrons. The van der Waals surface area contributed by atoms with Gasteiger partial charge in [0.25, 0.3) is 0 Å². The summed E-state index contributed by atoms with van der Waals surface area (Å²) in [6, 6.07) is 9.71. The fourth-order valence-electron chi connectivity index (χ4n) is 2.31. The smallest absolute Gasteiger partial charge is 0.410 e. The van der Waals surface area contributed by atoms with Gasteiger partial charge in [0.2, 0.25) is 0 Å². The second-order valence-electron chi connectivity index (χ2n) is 8.05. The number of morpholine rings is 1. The van der Waals surface area contributed by atoms with Gasteiger partial charge < -0.3 is 18.8 Å². The average Bonchev–Trinajstić information content (AvgIpc) is 2.58. The summed E-state index contributed by atoms with van der Waals surface area (Å²) in [7, 11) is -1.81. The molecule has 0 spiro atoms. The van der Waals surface area contributed by atoms with Gasteiger partial charge in [0.15, 0.2) is 8.32 Å². The fraction of sp³-hybridized carbons (Fsp3) is 0.632. The van der Waals surface area contributed by atoms with Gasteiger partial charge in [-0.25, -0.2) is 4.79 Å². The quantitative estimate of drug-likeness (QED) is 0.739. The molecule has 0 N–H and O–H groups in total. The van der Waals surface area contributed by atoms with Crippen LogP contribution in [0.1, 0.15) is 26.3 Å². The van der Waals surface area contributed by atoms with Crippen molar-refractivity contribution in [2.45, 2.75) is 51.6 Å². The molecule has 0 radical (unpaired) electrons. The highest BCUT2D eigenvalue weighted by Gasteiger charge is 2.38. The maximum Gasteiger partial charge on any atom is 0.410 e. The second-order valence-corrected chi connectivity index (χ2v) is 12.9. The van der Waals surface area contributed by atoms with E-state index in [-0.39, 0.29) is 17.2 Å². The van der Waals surface area contributed by atoms with Crippen LogP contribution in [-0.4, -0.2) is 51.7 Å². The Labute approximate surface area is 152 Å². The van der Waals surface area contributed by atoms with E-state index in [1.54, 1.807) is 4.90 Å². The number of ether oxygens (including phenoxy) is 2. The molecule has 1 saturated heterocycles. The van der Waals surface area contributed by atoms with Crippen molar-refractivity contribution in [3.8, 4) is 0 Å². The Morgan fingerprint density at radius 3 is 2.60 bits per heavy atom. The maximum atomic E-state index is 12.3. The molecule has 2 rings (SSSR count). The van der Waals surface area contributed by atoms with Crippen molar-refractivity contribution in [2.75, 3.05) is 26.3 Å². The minimum atomic E-state index is -1.81. The Bertz CT molecular complexity index is 556. The van der Waals surface area contributed by atoms with Gasteiger partial charge >= 0.3 is 6.09 Å². The van der Waals surface area contributed by atoms with Gasteiger partial charge in [-0.2, -0.15) is 0 Å². The van der Waals surface area contributed by atoms with E-state index in [4.69, 9.17) is 13.9 Å². The van der Waals surface area contributed by atoms with Crippen LogP contribution in [0.4, 0.5) is 4.79 Å². The molecule has 1 aromatic carbocycles. The summed E-state index contributed by atoms with van der Waals surface area (Å²) in [6.07, 6.45) is -0.378. The van der Waals surface area contributed by atoms with E-state index >= 15 is 0 Å². The lowest BCUT2D eigenvalue weighted by atomic mass is 10.2. The van der Waals surface area contributed by atoms with E-state index in [0.29, 0.717) is 32.9 Å². The lowest BCUT2D eigenvalue weighted by Gasteiger charge is -2.39. The van der Waals surface area contributed by atoms with E-state index in [1.807, 2.05) is 30.3 Å². The lowest BCUT2D eigenvalue weighted by molar-refractivity contribution is -0.0479. The third-order valence-electron chi connectivity index (χ3n) is 5.04. The van der Waals surface area contributed by atoms with Gasteiger partial charge in [-0.1, -0.05) is 51.1 Å². The van der Waals surface area contributed by atoms with Crippen molar-refractivity contribution in [1.29, 1.82) is 0 Å². The molecule has 0 bridgehead atoms. The first-order valence-corrected chi connectivity index (χ1v) is 11.8. The summed E-state index contributed by atoms with van der Waals surface area (Å²) < 4.78 is 17.4. The van der Waals surface area contributed by atoms with Gasteiger partial charge in [-0.3, -0.25) is 0 Å². The number of hydrogen-bond donors (Lipinski definition) is 0. The van der Waals surface area contributed by atoms with Gasteiger partial charge in [-0.05, 0) is 23.7 Å². The van der Waals surface area contributed by atoms with Gasteiger partial charge in [-0.15, -0.1) is 0 Å². The Morgan fingerprint density at radius 1 is 1.28 bits per heavy atom. The number of nitrogens with zero attached hydrogens (tertiary/aromatic N) is 1. The molecule has 6 heteroatoms. The summed E-state index contributed by atoms with van der Waals surface area (Å²) in [5.74, 6) is 0. The number of hydrogen-bond acceptors (Lipinski definition) is 4. The molecular formula is C19H31NO4Si. The highest BCUT2D eigenvalue weighted by atomic mass is 28.4. The monoisotopic (exact) mass is 365 g/mol. The standard InChI is InChI=1S/C19H31NO4Si/c1-19(2,3)25(4,5)24-15-17-13-20(11-12-22-17)18(21)23-14-16-9-7-6-8-10-16/h6-10,17H,11-15H2,1-5H3. The van der Waals surface area contributed by atoms with E-state index in [2.05, 4.69) is 33.9 Å². The van der Waals surface area contributed by atoms with Crippen LogP contribution in [0.2, 0.25) is 18.1 Å². The first kappa shape index (κ1) is 19.9. The van der Waals surface area contributed by atoms with Crippen molar-refractivity contribution in [2.24, 2.45) is 0 Å². The van der Waals surface area contributed by atoms with E-state index < -0.39 is 8.32 Å². The third kappa shape index (κ3) is 5.83. The van der Waals surface area contributed by atoms with Crippen LogP contribution in [0.25, 0.3) is 0 Å². The molecule has 1 atom stereocenters. The summed E-state index contributed by atoms with van der Waals surface area (Å²) in [5.41, 5.74) is 0.988. The van der Waals surface area contributed by atoms with E-state index in [0.717, 1.165) is 5.56 Å². The topological polar surface area (TPSA) is 48.0 Å². The lowest BCUT2D eigenvalue weighted by Crippen LogP contribution is -2.50. The van der Waals surface area contributed by atoms with E-state index in [1.165, 1.54) is 0 Å². The molecular weight excluding hydrogens is 334 g/mol. The zero-order chi connectivity index (χ0) is 18.5. The van der Waals surface area contributed by atoms with Crippen LogP contribution in [0.3, 0.4) is 0 Å². The molecule has 1 fully saturated rings. The molecule has 0 aliphatic carbocycles. The van der Waals surface area contributed by atoms with Crippen molar-refractivity contribution < 1.29 is 18.7 Å². The number of carbonyl (C=O) groups is 1. The summed E-state index contributed by atoms with van der Waals surface area (Å²) in [4.78, 5) is 14.0. The summed E-state index contributed by atoms with van der Waals surface area (Å²) in [6.45, 7) is 13.5. The summed E-state index contributed by atoms with van der Waals surface area (Å²) in [5, 5.41) is 0.163. The van der Waals surface area contributed by atoms with Crippen LogP contribution in [0.5, 0.6) is 0 Å². The van der Waals surface area contributed by atoms with Gasteiger partial charge in [0.1, 0.15) is 6.61 Å². The molecule has 1 amide bonds. The van der Waals surface area contributed by atoms with Crippen LogP contribution < -0.4 is 0 Å². The normalized spacial score (nSPS) is 18.9. The third-order valence-corrected chi connectivity index (χ3v) is 9.54. The van der Waals surface area contributed by atoms with Gasteiger partial charge in [0, 0.05) is 6.54 Å². The Hall–Kier alpha value is -1.37. The number of carbonyl (C=O) groups excluding carboxylic acids is 1. The molecule has 25 heavy (non-hydrogen) atoms. The minimum Gasteiger partial charge on any atom is -0.445 e. The van der Waals surface area contributed by atoms with Gasteiger partial charge in [0.05, 0.1) is 25.9 Å². The van der Waals surface area contributed by atoms with Crippen LogP contribution >= 0.6 is 0 Å². The highest BCUT2D eigenvalue weighted by Crippen LogP contribution is 2.36. The first-order chi connectivity index (χ1) is 11.7. The molecule has 1 aromatic rings. The molecule has 1 heterocycles. The SMILES string of the molecule is CC(C)(C)[Si](C)(C)OCC1CN(C(=O)OCc2ccccc2)CCO1. The van der Waals surface area contributed by atoms with E-state index in [9.17, 15) is 4.79 Å². The van der Waals surface area contributed by atoms with Crippen LogP contribution in [0.15, 0.2) is 30.3 Å². The van der Waals surface area contributed by atoms with Crippen molar-refractivity contribution in [3.63, 3.8) is 0 Å². The molecule has 5 nitrogen and oxygen atoms in total. The number of rotatable bonds is 5. The first-order valence-electron chi connectivity index (χ1n) is 8.90. The zero-order valence-corrected chi connectivity index (χ0v) is 17.1. The van der Waals surface area contributed by atoms with Crippen molar-refractivity contribution in [1.82, 2.24) is 4.90 Å². The van der Waals surface area contributed by atoms with Crippen LogP contribution in [0, 0.1) is 0 Å². The fourth-order valence-corrected chi connectivity index (χ4v) is 3.35. The highest BCUT2D eigenvalue weighted by molar-refractivity contribution is 6.74. The molecule has 0 aromatic heterocycles. The maximum absolute atomic E-state index is 12.3. The average molecular weight is 366 g/mol. The molecule has 1 aliphatic rings. The zero-order valence-electron chi connectivity index (χ0n) is 16.1. The second kappa shape index (κ2) is 8.34. The number of benzene rings is 1. The Kier molecular flexibility index (Phi) is 6.65. The largest absolute Gasteiger partial charge is 0.445 e. The summed E-state index contributed by atoms with van der Waals surface area (Å²) >= 11 is 0. The Balaban J connectivity index is 1.80. The molecule has 1 aliphatic heterocycles. The van der Waals surface area contributed by atoms with Crippen molar-refractivity contribution >= 4 is 14.4 Å². The minimum absolute atomic E-state index is 0.0906. The van der Waals surface area contributed by atoms with Crippen LogP contribution in [-0.2, 0) is 20.5 Å². The predicted octanol–water partition coefficient (Wildman–Crippen LogP) is 4.05. The molecule has 0 saturated carbocycles.